The quantitative estimate of drug-likeness (QED) is 0.378. The Morgan fingerprint density at radius 1 is 1.11 bits per heavy atom. The van der Waals surface area contributed by atoms with E-state index in [-0.39, 0.29) is 10.9 Å². The lowest BCUT2D eigenvalue weighted by Gasteiger charge is -2.38. The van der Waals surface area contributed by atoms with Crippen LogP contribution in [0.15, 0.2) is 30.5 Å². The van der Waals surface area contributed by atoms with Crippen LogP contribution in [0.25, 0.3) is 11.3 Å². The predicted molar refractivity (Wildman–Crippen MR) is 91.3 cm³/mol. The van der Waals surface area contributed by atoms with E-state index >= 15 is 0 Å². The van der Waals surface area contributed by atoms with E-state index in [0.29, 0.717) is 11.3 Å². The van der Waals surface area contributed by atoms with Crippen LogP contribution in [0.4, 0.5) is 4.39 Å². The van der Waals surface area contributed by atoms with E-state index in [2.05, 4.69) is 9.97 Å². The molecule has 3 rings (SSSR count). The summed E-state index contributed by atoms with van der Waals surface area (Å²) in [4.78, 5) is 7.52. The van der Waals surface area contributed by atoms with Crippen LogP contribution in [0.3, 0.4) is 0 Å². The van der Waals surface area contributed by atoms with E-state index in [1.165, 1.54) is 24.4 Å². The van der Waals surface area contributed by atoms with Crippen molar-refractivity contribution in [1.29, 1.82) is 0 Å². The SMILES string of the molecule is O=S(=O)(O)C1O[C@@H](Oc2ccc(-c3ccc(F)nc3)nc2Cl)[C@H](O)[C@@H](O)[C@@H]1O. The molecule has 1 unspecified atom stereocenters. The van der Waals surface area contributed by atoms with Crippen molar-refractivity contribution < 1.29 is 42.2 Å². The zero-order valence-corrected chi connectivity index (χ0v) is 15.3. The highest BCUT2D eigenvalue weighted by atomic mass is 35.5. The van der Waals surface area contributed by atoms with Crippen molar-refractivity contribution in [3.05, 3.63) is 41.6 Å². The molecule has 0 saturated carbocycles. The monoisotopic (exact) mass is 436 g/mol. The molecule has 10 nitrogen and oxygen atoms in total. The first-order chi connectivity index (χ1) is 13.1. The van der Waals surface area contributed by atoms with Gasteiger partial charge in [-0.05, 0) is 24.3 Å². The Bertz CT molecular complexity index is 961. The van der Waals surface area contributed by atoms with Crippen molar-refractivity contribution >= 4 is 21.7 Å². The molecule has 0 radical (unpaired) electrons. The van der Waals surface area contributed by atoms with Crippen LogP contribution in [-0.2, 0) is 14.9 Å². The fraction of sp³-hybridized carbons (Fsp3) is 0.333. The summed E-state index contributed by atoms with van der Waals surface area (Å²) in [6, 6.07) is 5.29. The van der Waals surface area contributed by atoms with Gasteiger partial charge in [0.25, 0.3) is 10.1 Å². The maximum Gasteiger partial charge on any atom is 0.295 e. The Labute approximate surface area is 162 Å². The highest BCUT2D eigenvalue weighted by molar-refractivity contribution is 7.86. The number of pyridine rings is 2. The molecule has 152 valence electrons. The summed E-state index contributed by atoms with van der Waals surface area (Å²) in [5.74, 6) is -0.824. The van der Waals surface area contributed by atoms with Crippen LogP contribution >= 0.6 is 11.6 Å². The second kappa shape index (κ2) is 7.83. The zero-order chi connectivity index (χ0) is 20.6. The second-order valence-corrected chi connectivity index (χ2v) is 7.69. The van der Waals surface area contributed by atoms with E-state index in [1.54, 1.807) is 0 Å². The Balaban J connectivity index is 1.83. The molecule has 13 heteroatoms. The number of nitrogens with zero attached hydrogens (tertiary/aromatic N) is 2. The molecular formula is C15H14ClFN2O8S. The van der Waals surface area contributed by atoms with Gasteiger partial charge in [-0.15, -0.1) is 0 Å². The lowest BCUT2D eigenvalue weighted by molar-refractivity contribution is -0.254. The number of hydrogen-bond donors (Lipinski definition) is 4. The lowest BCUT2D eigenvalue weighted by Crippen LogP contribution is -2.61. The average Bonchev–Trinajstić information content (AvgIpc) is 2.63. The third-order valence-corrected chi connectivity index (χ3v) is 5.15. The maximum atomic E-state index is 12.9. The first-order valence-corrected chi connectivity index (χ1v) is 9.57. The Hall–Kier alpha value is -1.93. The first-order valence-electron chi connectivity index (χ1n) is 7.69. The van der Waals surface area contributed by atoms with E-state index in [0.717, 1.165) is 6.07 Å². The van der Waals surface area contributed by atoms with Crippen LogP contribution in [0.5, 0.6) is 5.75 Å². The summed E-state index contributed by atoms with van der Waals surface area (Å²) < 4.78 is 54.7. The zero-order valence-electron chi connectivity index (χ0n) is 13.8. The van der Waals surface area contributed by atoms with Crippen molar-refractivity contribution in [3.8, 4) is 17.0 Å². The minimum atomic E-state index is -4.92. The third kappa shape index (κ3) is 4.22. The van der Waals surface area contributed by atoms with Crippen LogP contribution < -0.4 is 4.74 Å². The highest BCUT2D eigenvalue weighted by Crippen LogP contribution is 2.31. The van der Waals surface area contributed by atoms with Gasteiger partial charge >= 0.3 is 0 Å². The van der Waals surface area contributed by atoms with Crippen molar-refractivity contribution in [3.63, 3.8) is 0 Å². The fourth-order valence-electron chi connectivity index (χ4n) is 2.48. The molecule has 2 aromatic rings. The summed E-state index contributed by atoms with van der Waals surface area (Å²) in [6.45, 7) is 0. The predicted octanol–water partition coefficient (Wildman–Crippen LogP) is -0.0322. The van der Waals surface area contributed by atoms with Gasteiger partial charge in [0, 0.05) is 11.8 Å². The standard InChI is InChI=1S/C15H14ClFN2O8S/c16-13-8(3-2-7(19-13)6-1-4-9(17)18-5-6)26-14-11(21)10(20)12(22)15(27-14)28(23,24)25/h1-5,10-12,14-15,20-22H,(H,23,24,25)/t10-,11-,12+,14-,15?/m1/s1. The average molecular weight is 437 g/mol. The molecular weight excluding hydrogens is 423 g/mol. The van der Waals surface area contributed by atoms with Crippen LogP contribution in [0.1, 0.15) is 0 Å². The summed E-state index contributed by atoms with van der Waals surface area (Å²) in [5, 5.41) is 29.2. The number of aliphatic hydroxyl groups excluding tert-OH is 3. The smallest absolute Gasteiger partial charge is 0.295 e. The molecule has 0 spiro atoms. The van der Waals surface area contributed by atoms with Gasteiger partial charge in [0.15, 0.2) is 10.9 Å². The van der Waals surface area contributed by atoms with Gasteiger partial charge < -0.3 is 24.8 Å². The molecule has 1 aliphatic heterocycles. The number of aliphatic hydroxyl groups is 3. The van der Waals surface area contributed by atoms with Gasteiger partial charge in [-0.1, -0.05) is 11.6 Å². The lowest BCUT2D eigenvalue weighted by atomic mass is 10.1. The van der Waals surface area contributed by atoms with Gasteiger partial charge in [0.05, 0.1) is 5.69 Å². The number of ether oxygens (including phenoxy) is 2. The minimum Gasteiger partial charge on any atom is -0.459 e. The van der Waals surface area contributed by atoms with Crippen LogP contribution in [0.2, 0.25) is 5.15 Å². The van der Waals surface area contributed by atoms with Crippen LogP contribution in [-0.4, -0.2) is 68.3 Å². The number of hydrogen-bond acceptors (Lipinski definition) is 9. The van der Waals surface area contributed by atoms with Crippen molar-refractivity contribution in [1.82, 2.24) is 9.97 Å². The largest absolute Gasteiger partial charge is 0.459 e. The Kier molecular flexibility index (Phi) is 5.82. The fourth-order valence-corrected chi connectivity index (χ4v) is 3.45. The van der Waals surface area contributed by atoms with Gasteiger partial charge in [-0.2, -0.15) is 12.8 Å². The molecule has 4 N–H and O–H groups in total. The van der Waals surface area contributed by atoms with Gasteiger partial charge in [-0.3, -0.25) is 4.55 Å². The molecule has 2 aromatic heterocycles. The van der Waals surface area contributed by atoms with Gasteiger partial charge in [-0.25, -0.2) is 9.97 Å². The molecule has 28 heavy (non-hydrogen) atoms. The number of halogens is 2. The Morgan fingerprint density at radius 3 is 2.39 bits per heavy atom. The highest BCUT2D eigenvalue weighted by Gasteiger charge is 2.50. The minimum absolute atomic E-state index is 0.151. The summed E-state index contributed by atoms with van der Waals surface area (Å²) in [7, 11) is -4.92. The molecule has 1 saturated heterocycles. The number of rotatable bonds is 4. The topological polar surface area (TPSA) is 159 Å². The molecule has 3 heterocycles. The van der Waals surface area contributed by atoms with Gasteiger partial charge in [0.1, 0.15) is 18.3 Å². The van der Waals surface area contributed by atoms with Crippen LogP contribution in [0, 0.1) is 5.95 Å². The van der Waals surface area contributed by atoms with Crippen molar-refractivity contribution in [2.24, 2.45) is 0 Å². The van der Waals surface area contributed by atoms with E-state index in [4.69, 9.17) is 25.6 Å². The summed E-state index contributed by atoms with van der Waals surface area (Å²) in [5.41, 5.74) is -1.47. The normalized spacial score (nSPS) is 28.1. The Morgan fingerprint density at radius 2 is 1.82 bits per heavy atom. The summed E-state index contributed by atoms with van der Waals surface area (Å²) in [6.07, 6.45) is -6.50. The molecule has 0 amide bonds. The molecule has 0 aromatic carbocycles. The second-order valence-electron chi connectivity index (χ2n) is 5.83. The van der Waals surface area contributed by atoms with E-state index in [1.807, 2.05) is 0 Å². The third-order valence-electron chi connectivity index (χ3n) is 3.90. The molecule has 1 aliphatic rings. The molecule has 0 aliphatic carbocycles. The van der Waals surface area contributed by atoms with E-state index in [9.17, 15) is 28.1 Å². The number of aromatic nitrogens is 2. The molecule has 1 fully saturated rings. The summed E-state index contributed by atoms with van der Waals surface area (Å²) >= 11 is 6.02. The molecule has 5 atom stereocenters. The molecule has 0 bridgehead atoms. The van der Waals surface area contributed by atoms with E-state index < -0.39 is 46.1 Å². The van der Waals surface area contributed by atoms with Crippen molar-refractivity contribution in [2.45, 2.75) is 30.0 Å². The maximum absolute atomic E-state index is 12.9. The van der Waals surface area contributed by atoms with Gasteiger partial charge in [0.2, 0.25) is 17.7 Å². The first kappa shape index (κ1) is 20.8. The van der Waals surface area contributed by atoms with Crippen molar-refractivity contribution in [2.75, 3.05) is 0 Å².